The van der Waals surface area contributed by atoms with Gasteiger partial charge in [0.25, 0.3) is 0 Å². The molecule has 4 heteroatoms. The van der Waals surface area contributed by atoms with E-state index < -0.39 is 0 Å². The molecule has 2 heterocycles. The fraction of sp³-hybridized carbons (Fsp3) is 0.478. The van der Waals surface area contributed by atoms with Crippen molar-refractivity contribution < 1.29 is 4.74 Å². The molecule has 0 aliphatic carbocycles. The van der Waals surface area contributed by atoms with E-state index in [0.717, 1.165) is 38.5 Å². The first-order valence-corrected chi connectivity index (χ1v) is 10.2. The summed E-state index contributed by atoms with van der Waals surface area (Å²) in [4.78, 5) is 7.82. The van der Waals surface area contributed by atoms with E-state index in [9.17, 15) is 0 Å². The van der Waals surface area contributed by atoms with E-state index in [1.165, 1.54) is 37.2 Å². The third-order valence-electron chi connectivity index (χ3n) is 5.99. The highest BCUT2D eigenvalue weighted by molar-refractivity contribution is 5.58. The molecule has 2 fully saturated rings. The topological polar surface area (TPSA) is 19.0 Å². The number of anilines is 1. The van der Waals surface area contributed by atoms with Crippen molar-refractivity contribution in [3.8, 4) is 5.75 Å². The maximum atomic E-state index is 5.55. The number of hydrogen-bond acceptors (Lipinski definition) is 4. The Hall–Kier alpha value is -2.04. The van der Waals surface area contributed by atoms with Crippen LogP contribution in [0.15, 0.2) is 54.6 Å². The number of likely N-dealkylation sites (tertiary alicyclic amines) is 1. The standard InChI is InChI=1S/C23H31N3O/c1-27-23-12-6-5-11-22(23)26-16-14-25(15-17-26)21-10-7-13-24(19-21)18-20-8-3-2-4-9-20/h2-6,8-9,11-12,21H,7,10,13-19H2,1H3. The van der Waals surface area contributed by atoms with Gasteiger partial charge >= 0.3 is 0 Å². The van der Waals surface area contributed by atoms with Crippen LogP contribution in [0.1, 0.15) is 18.4 Å². The van der Waals surface area contributed by atoms with E-state index in [1.54, 1.807) is 7.11 Å². The molecule has 0 N–H and O–H groups in total. The average molecular weight is 366 g/mol. The molecule has 4 rings (SSSR count). The van der Waals surface area contributed by atoms with Gasteiger partial charge in [0.1, 0.15) is 5.75 Å². The van der Waals surface area contributed by atoms with Crippen LogP contribution >= 0.6 is 0 Å². The molecular weight excluding hydrogens is 334 g/mol. The van der Waals surface area contributed by atoms with Crippen molar-refractivity contribution >= 4 is 5.69 Å². The smallest absolute Gasteiger partial charge is 0.142 e. The Labute approximate surface area is 163 Å². The summed E-state index contributed by atoms with van der Waals surface area (Å²) in [5, 5.41) is 0. The van der Waals surface area contributed by atoms with Crippen LogP contribution in [0.4, 0.5) is 5.69 Å². The van der Waals surface area contributed by atoms with Gasteiger partial charge in [-0.15, -0.1) is 0 Å². The van der Waals surface area contributed by atoms with Crippen molar-refractivity contribution in [3.05, 3.63) is 60.2 Å². The highest BCUT2D eigenvalue weighted by Gasteiger charge is 2.28. The Morgan fingerprint density at radius 3 is 2.41 bits per heavy atom. The molecule has 2 aliphatic heterocycles. The zero-order chi connectivity index (χ0) is 18.5. The van der Waals surface area contributed by atoms with Crippen molar-refractivity contribution in [3.63, 3.8) is 0 Å². The van der Waals surface area contributed by atoms with E-state index >= 15 is 0 Å². The van der Waals surface area contributed by atoms with Crippen molar-refractivity contribution in [2.45, 2.75) is 25.4 Å². The number of rotatable bonds is 5. The third kappa shape index (κ3) is 4.45. The highest BCUT2D eigenvalue weighted by atomic mass is 16.5. The monoisotopic (exact) mass is 365 g/mol. The molecule has 144 valence electrons. The molecule has 2 aromatic carbocycles. The molecule has 0 amide bonds. The van der Waals surface area contributed by atoms with Gasteiger partial charge in [0.05, 0.1) is 12.8 Å². The van der Waals surface area contributed by atoms with Crippen molar-refractivity contribution in [2.24, 2.45) is 0 Å². The van der Waals surface area contributed by atoms with Crippen molar-refractivity contribution in [1.29, 1.82) is 0 Å². The van der Waals surface area contributed by atoms with Crippen LogP contribution in [-0.2, 0) is 6.54 Å². The zero-order valence-electron chi connectivity index (χ0n) is 16.4. The molecule has 1 unspecified atom stereocenters. The number of piperazine rings is 1. The first kappa shape index (κ1) is 18.3. The molecule has 4 nitrogen and oxygen atoms in total. The van der Waals surface area contributed by atoms with Gasteiger partial charge in [0.15, 0.2) is 0 Å². The molecule has 0 spiro atoms. The van der Waals surface area contributed by atoms with Crippen LogP contribution in [0.5, 0.6) is 5.75 Å². The molecule has 0 saturated carbocycles. The minimum absolute atomic E-state index is 0.697. The van der Waals surface area contributed by atoms with E-state index in [1.807, 2.05) is 6.07 Å². The summed E-state index contributed by atoms with van der Waals surface area (Å²) in [5.41, 5.74) is 2.66. The molecule has 2 saturated heterocycles. The van der Waals surface area contributed by atoms with E-state index in [4.69, 9.17) is 4.74 Å². The molecule has 27 heavy (non-hydrogen) atoms. The van der Waals surface area contributed by atoms with Crippen LogP contribution in [0, 0.1) is 0 Å². The van der Waals surface area contributed by atoms with Gasteiger partial charge in [-0.2, -0.15) is 0 Å². The van der Waals surface area contributed by atoms with Crippen molar-refractivity contribution in [1.82, 2.24) is 9.80 Å². The first-order chi connectivity index (χ1) is 13.3. The third-order valence-corrected chi connectivity index (χ3v) is 5.99. The SMILES string of the molecule is COc1ccccc1N1CCN(C2CCCN(Cc3ccccc3)C2)CC1. The predicted molar refractivity (Wildman–Crippen MR) is 112 cm³/mol. The highest BCUT2D eigenvalue weighted by Crippen LogP contribution is 2.29. The summed E-state index contributed by atoms with van der Waals surface area (Å²) in [7, 11) is 1.76. The van der Waals surface area contributed by atoms with Crippen LogP contribution in [-0.4, -0.2) is 62.2 Å². The van der Waals surface area contributed by atoms with Gasteiger partial charge < -0.3 is 9.64 Å². The first-order valence-electron chi connectivity index (χ1n) is 10.2. The number of piperidine rings is 1. The molecule has 2 aromatic rings. The van der Waals surface area contributed by atoms with Gasteiger partial charge in [0.2, 0.25) is 0 Å². The summed E-state index contributed by atoms with van der Waals surface area (Å²) in [6, 6.07) is 20.0. The number of methoxy groups -OCH3 is 1. The van der Waals surface area contributed by atoms with Gasteiger partial charge in [-0.1, -0.05) is 42.5 Å². The molecule has 1 atom stereocenters. The lowest BCUT2D eigenvalue weighted by Gasteiger charge is -2.44. The Morgan fingerprint density at radius 1 is 0.889 bits per heavy atom. The molecular formula is C23H31N3O. The minimum Gasteiger partial charge on any atom is -0.495 e. The second-order valence-electron chi connectivity index (χ2n) is 7.71. The van der Waals surface area contributed by atoms with Crippen LogP contribution in [0.25, 0.3) is 0 Å². The number of benzene rings is 2. The lowest BCUT2D eigenvalue weighted by molar-refractivity contribution is 0.0887. The van der Waals surface area contributed by atoms with Gasteiger partial charge in [-0.05, 0) is 37.1 Å². The maximum Gasteiger partial charge on any atom is 0.142 e. The van der Waals surface area contributed by atoms with Gasteiger partial charge in [0, 0.05) is 45.3 Å². The molecule has 0 radical (unpaired) electrons. The fourth-order valence-electron chi connectivity index (χ4n) is 4.53. The summed E-state index contributed by atoms with van der Waals surface area (Å²) in [5.74, 6) is 0.984. The average Bonchev–Trinajstić information content (AvgIpc) is 2.75. The normalized spacial score (nSPS) is 22.0. The van der Waals surface area contributed by atoms with Gasteiger partial charge in [-0.25, -0.2) is 0 Å². The van der Waals surface area contributed by atoms with Crippen LogP contribution in [0.2, 0.25) is 0 Å². The fourth-order valence-corrected chi connectivity index (χ4v) is 4.53. The molecule has 0 bridgehead atoms. The summed E-state index contributed by atoms with van der Waals surface area (Å²) < 4.78 is 5.55. The maximum absolute atomic E-state index is 5.55. The van der Waals surface area contributed by atoms with E-state index in [-0.39, 0.29) is 0 Å². The number of ether oxygens (including phenoxy) is 1. The number of nitrogens with zero attached hydrogens (tertiary/aromatic N) is 3. The van der Waals surface area contributed by atoms with Crippen molar-refractivity contribution in [2.75, 3.05) is 51.3 Å². The Bertz CT molecular complexity index is 713. The lowest BCUT2D eigenvalue weighted by Crippen LogP contribution is -2.55. The number of hydrogen-bond donors (Lipinski definition) is 0. The minimum atomic E-state index is 0.697. The van der Waals surface area contributed by atoms with Gasteiger partial charge in [-0.3, -0.25) is 9.80 Å². The largest absolute Gasteiger partial charge is 0.495 e. The van der Waals surface area contributed by atoms with Crippen LogP contribution < -0.4 is 9.64 Å². The second kappa shape index (κ2) is 8.77. The van der Waals surface area contributed by atoms with E-state index in [2.05, 4.69) is 63.2 Å². The van der Waals surface area contributed by atoms with E-state index in [0.29, 0.717) is 6.04 Å². The quantitative estimate of drug-likeness (QED) is 0.807. The number of para-hydroxylation sites is 2. The Morgan fingerprint density at radius 2 is 1.63 bits per heavy atom. The Kier molecular flexibility index (Phi) is 5.95. The Balaban J connectivity index is 1.32. The summed E-state index contributed by atoms with van der Waals surface area (Å²) in [6.07, 6.45) is 2.64. The van der Waals surface area contributed by atoms with Crippen LogP contribution in [0.3, 0.4) is 0 Å². The lowest BCUT2D eigenvalue weighted by atomic mass is 10.0. The molecule has 0 aromatic heterocycles. The summed E-state index contributed by atoms with van der Waals surface area (Å²) in [6.45, 7) is 7.95. The summed E-state index contributed by atoms with van der Waals surface area (Å²) >= 11 is 0. The predicted octanol–water partition coefficient (Wildman–Crippen LogP) is 3.48. The zero-order valence-corrected chi connectivity index (χ0v) is 16.4. The second-order valence-corrected chi connectivity index (χ2v) is 7.71. The molecule has 2 aliphatic rings.